The summed E-state index contributed by atoms with van der Waals surface area (Å²) >= 11 is 1.48. The fourth-order valence-electron chi connectivity index (χ4n) is 3.53. The summed E-state index contributed by atoms with van der Waals surface area (Å²) < 4.78 is 6.36. The molecule has 0 aliphatic carbocycles. The predicted molar refractivity (Wildman–Crippen MR) is 108 cm³/mol. The first-order valence-electron chi connectivity index (χ1n) is 9.18. The van der Waals surface area contributed by atoms with E-state index in [2.05, 4.69) is 10.2 Å². The van der Waals surface area contributed by atoms with Gasteiger partial charge in [-0.25, -0.2) is 0 Å². The highest BCUT2D eigenvalue weighted by Crippen LogP contribution is 2.27. The van der Waals surface area contributed by atoms with Crippen molar-refractivity contribution in [2.75, 3.05) is 58.9 Å². The van der Waals surface area contributed by atoms with Crippen LogP contribution in [0.3, 0.4) is 0 Å². The van der Waals surface area contributed by atoms with Gasteiger partial charge in [0, 0.05) is 71.4 Å². The predicted octanol–water partition coefficient (Wildman–Crippen LogP) is 1.50. The van der Waals surface area contributed by atoms with Crippen LogP contribution in [-0.2, 0) is 4.79 Å². The second-order valence-corrected chi connectivity index (χ2v) is 7.86. The van der Waals surface area contributed by atoms with Crippen LogP contribution in [0.5, 0.6) is 0 Å². The Balaban J connectivity index is 0.00000210. The lowest BCUT2D eigenvalue weighted by Crippen LogP contribution is -2.50. The minimum Gasteiger partial charge on any atom is -0.463 e. The third-order valence-corrected chi connectivity index (χ3v) is 6.19. The third-order valence-electron chi connectivity index (χ3n) is 5.12. The fourth-order valence-corrected chi connectivity index (χ4v) is 4.48. The number of thiophene rings is 1. The van der Waals surface area contributed by atoms with Gasteiger partial charge in [0.15, 0.2) is 0 Å². The summed E-state index contributed by atoms with van der Waals surface area (Å²) in [5.74, 6) is 0.323. The second-order valence-electron chi connectivity index (χ2n) is 6.77. The number of nitrogens with one attached hydrogen (secondary N) is 1. The van der Waals surface area contributed by atoms with Crippen LogP contribution >= 0.6 is 23.7 Å². The molecule has 7 nitrogen and oxygen atoms in total. The fraction of sp³-hybridized carbons (Fsp3) is 0.556. The molecule has 0 saturated carbocycles. The van der Waals surface area contributed by atoms with E-state index >= 15 is 0 Å². The number of amides is 2. The average molecular weight is 413 g/mol. The van der Waals surface area contributed by atoms with Crippen molar-refractivity contribution in [1.82, 2.24) is 20.0 Å². The highest BCUT2D eigenvalue weighted by atomic mass is 35.5. The van der Waals surface area contributed by atoms with E-state index in [9.17, 15) is 9.59 Å². The Morgan fingerprint density at radius 3 is 2.52 bits per heavy atom. The molecule has 0 bridgehead atoms. The van der Waals surface area contributed by atoms with Crippen LogP contribution in [0.1, 0.15) is 16.1 Å². The van der Waals surface area contributed by atoms with Gasteiger partial charge in [-0.3, -0.25) is 14.5 Å². The summed E-state index contributed by atoms with van der Waals surface area (Å²) in [6.45, 7) is 7.23. The number of carbonyl (C=O) groups is 2. The molecular weight excluding hydrogens is 388 g/mol. The molecule has 0 radical (unpaired) electrons. The zero-order valence-corrected chi connectivity index (χ0v) is 16.8. The molecule has 2 amide bonds. The first kappa shape index (κ1) is 20.1. The number of nitrogens with zero attached hydrogens (tertiary/aromatic N) is 3. The van der Waals surface area contributed by atoms with E-state index in [1.165, 1.54) is 11.3 Å². The molecule has 0 aromatic carbocycles. The van der Waals surface area contributed by atoms with Crippen LogP contribution in [-0.4, -0.2) is 85.4 Å². The van der Waals surface area contributed by atoms with Crippen molar-refractivity contribution < 1.29 is 14.0 Å². The molecule has 2 aromatic heterocycles. The van der Waals surface area contributed by atoms with E-state index in [4.69, 9.17) is 4.42 Å². The van der Waals surface area contributed by atoms with Gasteiger partial charge < -0.3 is 19.5 Å². The maximum atomic E-state index is 12.7. The lowest BCUT2D eigenvalue weighted by Gasteiger charge is -2.35. The quantitative estimate of drug-likeness (QED) is 0.824. The summed E-state index contributed by atoms with van der Waals surface area (Å²) in [5.41, 5.74) is 0.781. The minimum atomic E-state index is 0. The Hall–Kier alpha value is -1.61. The van der Waals surface area contributed by atoms with Crippen molar-refractivity contribution in [3.63, 3.8) is 0 Å². The molecule has 0 atom stereocenters. The van der Waals surface area contributed by atoms with E-state index in [0.29, 0.717) is 19.5 Å². The summed E-state index contributed by atoms with van der Waals surface area (Å²) in [6.07, 6.45) is 2.21. The number of fused-ring (bicyclic) bond motifs is 1. The lowest BCUT2D eigenvalue weighted by molar-refractivity contribution is -0.132. The highest BCUT2D eigenvalue weighted by Gasteiger charge is 2.25. The standard InChI is InChI=1S/C18H24N4O3S.ClH/c23-17(21-6-3-19-4-7-21)1-5-20-8-10-22(11-9-20)18(24)16-13-14-15(26-16)2-12-25-14;/h2,12-13,19H,1,3-11H2;1H. The molecule has 1 N–H and O–H groups in total. The molecule has 2 saturated heterocycles. The zero-order valence-electron chi connectivity index (χ0n) is 15.2. The first-order chi connectivity index (χ1) is 12.7. The maximum Gasteiger partial charge on any atom is 0.264 e. The average Bonchev–Trinajstić information content (AvgIpc) is 3.29. The third kappa shape index (κ3) is 4.63. The van der Waals surface area contributed by atoms with E-state index in [-0.39, 0.29) is 24.2 Å². The van der Waals surface area contributed by atoms with Gasteiger partial charge in [0.2, 0.25) is 5.91 Å². The monoisotopic (exact) mass is 412 g/mol. The van der Waals surface area contributed by atoms with Gasteiger partial charge >= 0.3 is 0 Å². The summed E-state index contributed by atoms with van der Waals surface area (Å²) in [5, 5.41) is 3.26. The molecule has 4 heterocycles. The Morgan fingerprint density at radius 1 is 1.07 bits per heavy atom. The van der Waals surface area contributed by atoms with Gasteiger partial charge in [0.05, 0.1) is 15.8 Å². The molecule has 2 aliphatic rings. The number of carbonyl (C=O) groups excluding carboxylic acids is 2. The van der Waals surface area contributed by atoms with Crippen LogP contribution in [0.4, 0.5) is 0 Å². The van der Waals surface area contributed by atoms with E-state index in [0.717, 1.165) is 61.0 Å². The van der Waals surface area contributed by atoms with Crippen LogP contribution in [0.25, 0.3) is 10.3 Å². The molecule has 2 fully saturated rings. The number of hydrogen-bond acceptors (Lipinski definition) is 6. The summed E-state index contributed by atoms with van der Waals surface area (Å²) in [7, 11) is 0. The van der Waals surface area contributed by atoms with Crippen molar-refractivity contribution >= 4 is 45.8 Å². The van der Waals surface area contributed by atoms with Gasteiger partial charge in [-0.15, -0.1) is 23.7 Å². The van der Waals surface area contributed by atoms with E-state index in [1.807, 2.05) is 21.9 Å². The van der Waals surface area contributed by atoms with Gasteiger partial charge in [-0.1, -0.05) is 0 Å². The van der Waals surface area contributed by atoms with Crippen molar-refractivity contribution in [2.24, 2.45) is 0 Å². The second kappa shape index (κ2) is 9.05. The normalized spacial score (nSPS) is 18.5. The number of hydrogen-bond donors (Lipinski definition) is 1. The van der Waals surface area contributed by atoms with Crippen molar-refractivity contribution in [1.29, 1.82) is 0 Å². The molecule has 148 valence electrons. The van der Waals surface area contributed by atoms with Crippen LogP contribution in [0, 0.1) is 0 Å². The van der Waals surface area contributed by atoms with Gasteiger partial charge in [0.25, 0.3) is 5.91 Å². The molecule has 27 heavy (non-hydrogen) atoms. The Labute approximate surface area is 168 Å². The molecule has 2 aliphatic heterocycles. The molecule has 2 aromatic rings. The largest absolute Gasteiger partial charge is 0.463 e. The van der Waals surface area contributed by atoms with Crippen LogP contribution < -0.4 is 5.32 Å². The van der Waals surface area contributed by atoms with Crippen LogP contribution in [0.15, 0.2) is 22.8 Å². The molecular formula is C18H25ClN4O3S. The molecule has 9 heteroatoms. The van der Waals surface area contributed by atoms with E-state index in [1.54, 1.807) is 6.26 Å². The maximum absolute atomic E-state index is 12.7. The SMILES string of the molecule is Cl.O=C(CCN1CCN(C(=O)c2cc3occc3s2)CC1)N1CCNCC1. The topological polar surface area (TPSA) is 69.0 Å². The van der Waals surface area contributed by atoms with Gasteiger partial charge in [-0.05, 0) is 6.07 Å². The molecule has 0 spiro atoms. The number of piperazine rings is 2. The minimum absolute atomic E-state index is 0. The molecule has 0 unspecified atom stereocenters. The molecule has 4 rings (SSSR count). The number of halogens is 1. The van der Waals surface area contributed by atoms with Gasteiger partial charge in [-0.2, -0.15) is 0 Å². The van der Waals surface area contributed by atoms with Crippen molar-refractivity contribution in [2.45, 2.75) is 6.42 Å². The number of furan rings is 1. The lowest BCUT2D eigenvalue weighted by atomic mass is 10.2. The zero-order chi connectivity index (χ0) is 17.9. The summed E-state index contributed by atoms with van der Waals surface area (Å²) in [6, 6.07) is 3.73. The van der Waals surface area contributed by atoms with Crippen molar-refractivity contribution in [3.8, 4) is 0 Å². The number of rotatable bonds is 4. The summed E-state index contributed by atoms with van der Waals surface area (Å²) in [4.78, 5) is 31.8. The smallest absolute Gasteiger partial charge is 0.264 e. The Kier molecular flexibility index (Phi) is 6.75. The van der Waals surface area contributed by atoms with Gasteiger partial charge in [0.1, 0.15) is 5.58 Å². The highest BCUT2D eigenvalue weighted by molar-refractivity contribution is 7.20. The first-order valence-corrected chi connectivity index (χ1v) is 9.99. The Morgan fingerprint density at radius 2 is 1.81 bits per heavy atom. The van der Waals surface area contributed by atoms with Crippen LogP contribution in [0.2, 0.25) is 0 Å². The Bertz CT molecular complexity index is 750. The van der Waals surface area contributed by atoms with E-state index < -0.39 is 0 Å². The van der Waals surface area contributed by atoms with Crippen molar-refractivity contribution in [3.05, 3.63) is 23.3 Å².